The predicted octanol–water partition coefficient (Wildman–Crippen LogP) is 3.08. The van der Waals surface area contributed by atoms with E-state index in [-0.39, 0.29) is 13.1 Å². The summed E-state index contributed by atoms with van der Waals surface area (Å²) < 4.78 is 37.3. The zero-order valence-electron chi connectivity index (χ0n) is 11.5. The molecule has 0 bridgehead atoms. The van der Waals surface area contributed by atoms with Gasteiger partial charge in [0.15, 0.2) is 0 Å². The third-order valence-electron chi connectivity index (χ3n) is 3.43. The molecule has 1 unspecified atom stereocenters. The van der Waals surface area contributed by atoms with Gasteiger partial charge in [0, 0.05) is 23.8 Å². The monoisotopic (exact) mass is 334 g/mol. The summed E-state index contributed by atoms with van der Waals surface area (Å²) in [6.45, 7) is -0.208. The van der Waals surface area contributed by atoms with Crippen LogP contribution in [0.15, 0.2) is 24.3 Å². The molecular formula is C14H14ClF3N2O2. The molecular weight excluding hydrogens is 321 g/mol. The molecule has 1 saturated heterocycles. The number of carbonyl (C=O) groups is 2. The van der Waals surface area contributed by atoms with Crippen molar-refractivity contribution in [3.63, 3.8) is 0 Å². The Kier molecular flexibility index (Phi) is 4.95. The number of anilines is 1. The van der Waals surface area contributed by atoms with Crippen molar-refractivity contribution < 1.29 is 22.8 Å². The van der Waals surface area contributed by atoms with Crippen LogP contribution in [0.4, 0.5) is 18.9 Å². The standard InChI is InChI=1S/C14H14ClF3N2O2/c15-10-3-5-11(6-4-10)19-12(21)9-2-1-7-20(8-9)13(22)14(16,17)18/h3-6,9H,1-2,7-8H2,(H,19,21). The highest BCUT2D eigenvalue weighted by Gasteiger charge is 2.44. The van der Waals surface area contributed by atoms with E-state index >= 15 is 0 Å². The number of hydrogen-bond acceptors (Lipinski definition) is 2. The minimum atomic E-state index is -4.91. The van der Waals surface area contributed by atoms with Gasteiger partial charge in [-0.15, -0.1) is 0 Å². The normalized spacial score (nSPS) is 18.9. The molecule has 8 heteroatoms. The number of likely N-dealkylation sites (tertiary alicyclic amines) is 1. The highest BCUT2D eigenvalue weighted by molar-refractivity contribution is 6.30. The van der Waals surface area contributed by atoms with Crippen LogP contribution in [-0.2, 0) is 9.59 Å². The minimum absolute atomic E-state index is 0.0169. The number of halogens is 4. The molecule has 0 saturated carbocycles. The topological polar surface area (TPSA) is 49.4 Å². The molecule has 1 aliphatic rings. The summed E-state index contributed by atoms with van der Waals surface area (Å²) in [5, 5.41) is 3.13. The van der Waals surface area contributed by atoms with Crippen LogP contribution in [0, 0.1) is 5.92 Å². The van der Waals surface area contributed by atoms with Crippen molar-refractivity contribution >= 4 is 29.1 Å². The molecule has 22 heavy (non-hydrogen) atoms. The fourth-order valence-corrected chi connectivity index (χ4v) is 2.46. The molecule has 0 aromatic heterocycles. The molecule has 1 aliphatic heterocycles. The molecule has 1 heterocycles. The second-order valence-corrected chi connectivity index (χ2v) is 5.52. The lowest BCUT2D eigenvalue weighted by Crippen LogP contribution is -2.48. The van der Waals surface area contributed by atoms with E-state index < -0.39 is 23.9 Å². The molecule has 1 N–H and O–H groups in total. The maximum Gasteiger partial charge on any atom is 0.471 e. The Morgan fingerprint density at radius 2 is 1.86 bits per heavy atom. The van der Waals surface area contributed by atoms with Crippen molar-refractivity contribution in [2.75, 3.05) is 18.4 Å². The Hall–Kier alpha value is -1.76. The number of hydrogen-bond donors (Lipinski definition) is 1. The first kappa shape index (κ1) is 16.6. The van der Waals surface area contributed by atoms with E-state index in [4.69, 9.17) is 11.6 Å². The SMILES string of the molecule is O=C(Nc1ccc(Cl)cc1)C1CCCN(C(=O)C(F)(F)F)C1. The quantitative estimate of drug-likeness (QED) is 0.903. The van der Waals surface area contributed by atoms with Crippen molar-refractivity contribution in [1.29, 1.82) is 0 Å². The second-order valence-electron chi connectivity index (χ2n) is 5.08. The average molecular weight is 335 g/mol. The third-order valence-corrected chi connectivity index (χ3v) is 3.69. The van der Waals surface area contributed by atoms with Crippen LogP contribution in [0.1, 0.15) is 12.8 Å². The Bertz CT molecular complexity index is 560. The first-order valence-electron chi connectivity index (χ1n) is 6.70. The number of piperidine rings is 1. The molecule has 1 atom stereocenters. The summed E-state index contributed by atoms with van der Waals surface area (Å²) in [4.78, 5) is 24.0. The minimum Gasteiger partial charge on any atom is -0.334 e. The summed E-state index contributed by atoms with van der Waals surface area (Å²) >= 11 is 5.73. The summed E-state index contributed by atoms with van der Waals surface area (Å²) in [6.07, 6.45) is -4.10. The van der Waals surface area contributed by atoms with Crippen molar-refractivity contribution in [2.24, 2.45) is 5.92 Å². The van der Waals surface area contributed by atoms with Crippen molar-refractivity contribution in [3.05, 3.63) is 29.3 Å². The van der Waals surface area contributed by atoms with Gasteiger partial charge in [0.05, 0.1) is 5.92 Å². The van der Waals surface area contributed by atoms with Crippen LogP contribution in [-0.4, -0.2) is 36.0 Å². The maximum atomic E-state index is 12.4. The van der Waals surface area contributed by atoms with Gasteiger partial charge in [0.25, 0.3) is 0 Å². The molecule has 2 rings (SSSR count). The number of nitrogens with one attached hydrogen (secondary N) is 1. The molecule has 0 radical (unpaired) electrons. The zero-order valence-corrected chi connectivity index (χ0v) is 12.2. The third kappa shape index (κ3) is 4.13. The molecule has 4 nitrogen and oxygen atoms in total. The van der Waals surface area contributed by atoms with E-state index in [9.17, 15) is 22.8 Å². The number of benzene rings is 1. The van der Waals surface area contributed by atoms with Crippen LogP contribution in [0.25, 0.3) is 0 Å². The van der Waals surface area contributed by atoms with E-state index in [0.29, 0.717) is 28.5 Å². The van der Waals surface area contributed by atoms with E-state index in [1.807, 2.05) is 0 Å². The maximum absolute atomic E-state index is 12.4. The molecule has 1 aromatic carbocycles. The average Bonchev–Trinajstić information content (AvgIpc) is 2.48. The van der Waals surface area contributed by atoms with Crippen LogP contribution < -0.4 is 5.32 Å². The molecule has 1 fully saturated rings. The number of nitrogens with zero attached hydrogens (tertiary/aromatic N) is 1. The molecule has 0 spiro atoms. The van der Waals surface area contributed by atoms with E-state index in [1.165, 1.54) is 0 Å². The van der Waals surface area contributed by atoms with Gasteiger partial charge in [-0.3, -0.25) is 9.59 Å². The number of amides is 2. The van der Waals surface area contributed by atoms with Gasteiger partial charge in [0.2, 0.25) is 5.91 Å². The zero-order chi connectivity index (χ0) is 16.3. The summed E-state index contributed by atoms with van der Waals surface area (Å²) in [6, 6.07) is 6.39. The van der Waals surface area contributed by atoms with Crippen molar-refractivity contribution in [2.45, 2.75) is 19.0 Å². The van der Waals surface area contributed by atoms with Crippen molar-refractivity contribution in [1.82, 2.24) is 4.90 Å². The molecule has 0 aliphatic carbocycles. The highest BCUT2D eigenvalue weighted by atomic mass is 35.5. The highest BCUT2D eigenvalue weighted by Crippen LogP contribution is 2.24. The Balaban J connectivity index is 1.98. The first-order chi connectivity index (χ1) is 10.3. The fraction of sp³-hybridized carbons (Fsp3) is 0.429. The van der Waals surface area contributed by atoms with E-state index in [2.05, 4.69) is 5.32 Å². The number of alkyl halides is 3. The summed E-state index contributed by atoms with van der Waals surface area (Å²) in [5.74, 6) is -2.95. The molecule has 2 amide bonds. The lowest BCUT2D eigenvalue weighted by molar-refractivity contribution is -0.187. The Morgan fingerprint density at radius 3 is 2.45 bits per heavy atom. The van der Waals surface area contributed by atoms with Gasteiger partial charge in [-0.05, 0) is 37.1 Å². The van der Waals surface area contributed by atoms with E-state index in [0.717, 1.165) is 0 Å². The van der Waals surface area contributed by atoms with Gasteiger partial charge in [-0.1, -0.05) is 11.6 Å². The molecule has 1 aromatic rings. The van der Waals surface area contributed by atoms with Crippen LogP contribution >= 0.6 is 11.6 Å². The summed E-state index contributed by atoms with van der Waals surface area (Å²) in [5.41, 5.74) is 0.508. The van der Waals surface area contributed by atoms with Gasteiger partial charge in [-0.25, -0.2) is 0 Å². The second kappa shape index (κ2) is 6.56. The number of rotatable bonds is 2. The van der Waals surface area contributed by atoms with Gasteiger partial charge >= 0.3 is 12.1 Å². The predicted molar refractivity (Wildman–Crippen MR) is 75.4 cm³/mol. The van der Waals surface area contributed by atoms with Gasteiger partial charge in [0.1, 0.15) is 0 Å². The lowest BCUT2D eigenvalue weighted by Gasteiger charge is -2.32. The Labute approximate surface area is 130 Å². The summed E-state index contributed by atoms with van der Waals surface area (Å²) in [7, 11) is 0. The van der Waals surface area contributed by atoms with E-state index in [1.54, 1.807) is 24.3 Å². The Morgan fingerprint density at radius 1 is 1.23 bits per heavy atom. The first-order valence-corrected chi connectivity index (χ1v) is 7.07. The largest absolute Gasteiger partial charge is 0.471 e. The van der Waals surface area contributed by atoms with Gasteiger partial charge < -0.3 is 10.2 Å². The smallest absolute Gasteiger partial charge is 0.334 e. The molecule has 120 valence electrons. The lowest BCUT2D eigenvalue weighted by atomic mass is 9.97. The fourth-order valence-electron chi connectivity index (χ4n) is 2.33. The van der Waals surface area contributed by atoms with Gasteiger partial charge in [-0.2, -0.15) is 13.2 Å². The van der Waals surface area contributed by atoms with Crippen LogP contribution in [0.5, 0.6) is 0 Å². The van der Waals surface area contributed by atoms with Crippen molar-refractivity contribution in [3.8, 4) is 0 Å². The van der Waals surface area contributed by atoms with Crippen LogP contribution in [0.2, 0.25) is 5.02 Å². The number of carbonyl (C=O) groups excluding carboxylic acids is 2. The van der Waals surface area contributed by atoms with Crippen LogP contribution in [0.3, 0.4) is 0 Å².